The fourth-order valence-electron chi connectivity index (χ4n) is 3.31. The summed E-state index contributed by atoms with van der Waals surface area (Å²) >= 11 is 0. The number of halogens is 1. The van der Waals surface area contributed by atoms with Gasteiger partial charge in [0.15, 0.2) is 0 Å². The molecule has 6 heteroatoms. The van der Waals surface area contributed by atoms with Crippen LogP contribution >= 0.6 is 12.4 Å². The summed E-state index contributed by atoms with van der Waals surface area (Å²) in [5.41, 5.74) is 7.81. The second-order valence-corrected chi connectivity index (χ2v) is 6.72. The van der Waals surface area contributed by atoms with E-state index < -0.39 is 0 Å². The lowest BCUT2D eigenvalue weighted by molar-refractivity contribution is -0.126. The molecule has 2 atom stereocenters. The van der Waals surface area contributed by atoms with E-state index in [1.807, 2.05) is 60.7 Å². The highest BCUT2D eigenvalue weighted by Crippen LogP contribution is 2.19. The number of carbonyl (C=O) groups excluding carboxylic acids is 2. The van der Waals surface area contributed by atoms with Gasteiger partial charge in [0.05, 0.1) is 5.92 Å². The molecular weight excluding hydrogens is 362 g/mol. The monoisotopic (exact) mass is 387 g/mol. The van der Waals surface area contributed by atoms with E-state index in [9.17, 15) is 9.59 Å². The first-order valence-corrected chi connectivity index (χ1v) is 9.07. The fraction of sp³-hybridized carbons (Fsp3) is 0.333. The summed E-state index contributed by atoms with van der Waals surface area (Å²) in [4.78, 5) is 26.9. The molecule has 0 aliphatic carbocycles. The molecule has 3 rings (SSSR count). The third-order valence-electron chi connectivity index (χ3n) is 4.82. The topological polar surface area (TPSA) is 75.4 Å². The highest BCUT2D eigenvalue weighted by molar-refractivity contribution is 5.94. The van der Waals surface area contributed by atoms with Gasteiger partial charge in [0.1, 0.15) is 0 Å². The van der Waals surface area contributed by atoms with Crippen LogP contribution < -0.4 is 11.1 Å². The zero-order valence-corrected chi connectivity index (χ0v) is 16.0. The summed E-state index contributed by atoms with van der Waals surface area (Å²) in [6, 6.07) is 18.7. The number of nitrogens with two attached hydrogens (primary N) is 1. The summed E-state index contributed by atoms with van der Waals surface area (Å²) in [7, 11) is 0. The van der Waals surface area contributed by atoms with Crippen molar-refractivity contribution in [2.45, 2.75) is 18.9 Å². The first kappa shape index (κ1) is 20.9. The van der Waals surface area contributed by atoms with Crippen molar-refractivity contribution in [1.29, 1.82) is 0 Å². The first-order valence-electron chi connectivity index (χ1n) is 9.07. The quantitative estimate of drug-likeness (QED) is 0.828. The average Bonchev–Trinajstić information content (AvgIpc) is 2.72. The van der Waals surface area contributed by atoms with Gasteiger partial charge in [-0.05, 0) is 30.5 Å². The van der Waals surface area contributed by atoms with Gasteiger partial charge >= 0.3 is 0 Å². The maximum Gasteiger partial charge on any atom is 0.253 e. The normalized spacial score (nSPS) is 17.5. The van der Waals surface area contributed by atoms with Crippen molar-refractivity contribution in [1.82, 2.24) is 10.2 Å². The van der Waals surface area contributed by atoms with Crippen molar-refractivity contribution < 1.29 is 9.59 Å². The van der Waals surface area contributed by atoms with E-state index in [2.05, 4.69) is 5.32 Å². The Morgan fingerprint density at radius 3 is 2.37 bits per heavy atom. The van der Waals surface area contributed by atoms with Gasteiger partial charge in [0.25, 0.3) is 5.91 Å². The minimum absolute atomic E-state index is 0. The van der Waals surface area contributed by atoms with Crippen molar-refractivity contribution in [2.75, 3.05) is 19.6 Å². The maximum absolute atomic E-state index is 12.6. The van der Waals surface area contributed by atoms with E-state index in [1.165, 1.54) is 0 Å². The first-order chi connectivity index (χ1) is 12.6. The molecule has 27 heavy (non-hydrogen) atoms. The number of piperidine rings is 1. The molecule has 0 bridgehead atoms. The van der Waals surface area contributed by atoms with Crippen LogP contribution in [0, 0.1) is 5.92 Å². The van der Waals surface area contributed by atoms with E-state index in [-0.39, 0.29) is 36.2 Å². The van der Waals surface area contributed by atoms with Crippen molar-refractivity contribution >= 4 is 24.2 Å². The van der Waals surface area contributed by atoms with Crippen LogP contribution in [0.15, 0.2) is 60.7 Å². The Balaban J connectivity index is 0.00000261. The van der Waals surface area contributed by atoms with Crippen LogP contribution in [0.1, 0.15) is 34.8 Å². The minimum Gasteiger partial charge on any atom is -0.354 e. The summed E-state index contributed by atoms with van der Waals surface area (Å²) in [6.45, 7) is 1.55. The van der Waals surface area contributed by atoms with Crippen LogP contribution in [0.5, 0.6) is 0 Å². The number of carbonyl (C=O) groups is 2. The summed E-state index contributed by atoms with van der Waals surface area (Å²) in [6.07, 6.45) is 1.63. The van der Waals surface area contributed by atoms with Crippen LogP contribution in [-0.4, -0.2) is 36.3 Å². The summed E-state index contributed by atoms with van der Waals surface area (Å²) in [5.74, 6) is -0.217. The van der Waals surface area contributed by atoms with Crippen LogP contribution in [-0.2, 0) is 4.79 Å². The van der Waals surface area contributed by atoms with E-state index in [0.717, 1.165) is 18.4 Å². The van der Waals surface area contributed by atoms with Gasteiger partial charge in [0.2, 0.25) is 5.91 Å². The average molecular weight is 388 g/mol. The molecule has 0 radical (unpaired) electrons. The zero-order chi connectivity index (χ0) is 18.4. The van der Waals surface area contributed by atoms with E-state index in [4.69, 9.17) is 5.73 Å². The lowest BCUT2D eigenvalue weighted by Gasteiger charge is -2.32. The molecule has 2 amide bonds. The van der Waals surface area contributed by atoms with Crippen LogP contribution in [0.3, 0.4) is 0 Å². The molecule has 1 aliphatic heterocycles. The molecule has 0 saturated carbocycles. The van der Waals surface area contributed by atoms with Crippen LogP contribution in [0.25, 0.3) is 0 Å². The van der Waals surface area contributed by atoms with Gasteiger partial charge in [-0.15, -0.1) is 12.4 Å². The van der Waals surface area contributed by atoms with Crippen molar-refractivity contribution in [2.24, 2.45) is 11.7 Å². The number of amides is 2. The number of nitrogens with one attached hydrogen (secondary N) is 1. The van der Waals surface area contributed by atoms with E-state index in [0.29, 0.717) is 25.2 Å². The maximum atomic E-state index is 12.6. The van der Waals surface area contributed by atoms with Crippen molar-refractivity contribution in [3.05, 3.63) is 71.8 Å². The lowest BCUT2D eigenvalue weighted by atomic mass is 9.96. The number of benzene rings is 2. The van der Waals surface area contributed by atoms with Gasteiger partial charge in [-0.2, -0.15) is 0 Å². The highest BCUT2D eigenvalue weighted by Gasteiger charge is 2.29. The summed E-state index contributed by atoms with van der Waals surface area (Å²) < 4.78 is 0. The Labute approximate surface area is 166 Å². The molecule has 3 N–H and O–H groups in total. The predicted octanol–water partition coefficient (Wildman–Crippen LogP) is 2.78. The molecule has 1 fully saturated rings. The Morgan fingerprint density at radius 1 is 1.07 bits per heavy atom. The van der Waals surface area contributed by atoms with Crippen molar-refractivity contribution in [3.63, 3.8) is 0 Å². The van der Waals surface area contributed by atoms with Gasteiger partial charge in [-0.1, -0.05) is 48.5 Å². The standard InChI is InChI=1S/C21H25N3O2.ClH/c22-19(16-8-3-1-4-9-16)14-23-20(25)18-12-7-13-24(15-18)21(26)17-10-5-2-6-11-17;/h1-6,8-11,18-19H,7,12-15,22H2,(H,23,25);1H. The Kier molecular flexibility index (Phi) is 7.82. The second kappa shape index (κ2) is 10.1. The molecule has 0 spiro atoms. The second-order valence-electron chi connectivity index (χ2n) is 6.72. The number of rotatable bonds is 5. The molecule has 1 aliphatic rings. The third-order valence-corrected chi connectivity index (χ3v) is 4.82. The largest absolute Gasteiger partial charge is 0.354 e. The fourth-order valence-corrected chi connectivity index (χ4v) is 3.31. The SMILES string of the molecule is Cl.NC(CNC(=O)C1CCCN(C(=O)c2ccccc2)C1)c1ccccc1. The van der Waals surface area contributed by atoms with Crippen LogP contribution in [0.2, 0.25) is 0 Å². The number of hydrogen-bond donors (Lipinski definition) is 2. The highest BCUT2D eigenvalue weighted by atomic mass is 35.5. The Hall–Kier alpha value is -2.37. The molecule has 1 heterocycles. The van der Waals surface area contributed by atoms with E-state index in [1.54, 1.807) is 4.90 Å². The van der Waals surface area contributed by atoms with Gasteiger partial charge in [-0.3, -0.25) is 9.59 Å². The van der Waals surface area contributed by atoms with Gasteiger partial charge in [0, 0.05) is 31.2 Å². The number of likely N-dealkylation sites (tertiary alicyclic amines) is 1. The smallest absolute Gasteiger partial charge is 0.253 e. The predicted molar refractivity (Wildman–Crippen MR) is 109 cm³/mol. The van der Waals surface area contributed by atoms with Gasteiger partial charge < -0.3 is 16.0 Å². The third kappa shape index (κ3) is 5.55. The molecule has 2 aromatic rings. The molecule has 144 valence electrons. The summed E-state index contributed by atoms with van der Waals surface area (Å²) in [5, 5.41) is 2.95. The molecule has 5 nitrogen and oxygen atoms in total. The number of nitrogens with zero attached hydrogens (tertiary/aromatic N) is 1. The zero-order valence-electron chi connectivity index (χ0n) is 15.2. The minimum atomic E-state index is -0.231. The Bertz CT molecular complexity index is 740. The molecule has 1 saturated heterocycles. The Morgan fingerprint density at radius 2 is 1.70 bits per heavy atom. The molecule has 0 aromatic heterocycles. The number of hydrogen-bond acceptors (Lipinski definition) is 3. The van der Waals surface area contributed by atoms with Gasteiger partial charge in [-0.25, -0.2) is 0 Å². The van der Waals surface area contributed by atoms with Crippen molar-refractivity contribution in [3.8, 4) is 0 Å². The lowest BCUT2D eigenvalue weighted by Crippen LogP contribution is -2.46. The van der Waals surface area contributed by atoms with Crippen LogP contribution in [0.4, 0.5) is 0 Å². The molecule has 2 aromatic carbocycles. The van der Waals surface area contributed by atoms with E-state index >= 15 is 0 Å². The molecule has 2 unspecified atom stereocenters. The molecular formula is C21H26ClN3O2.